The molecular formula is C18H14N2O4S. The first-order valence-corrected chi connectivity index (χ1v) is 8.36. The third kappa shape index (κ3) is 3.41. The molecule has 0 saturated heterocycles. The van der Waals surface area contributed by atoms with E-state index in [4.69, 9.17) is 4.74 Å². The van der Waals surface area contributed by atoms with Gasteiger partial charge >= 0.3 is 5.97 Å². The van der Waals surface area contributed by atoms with Crippen LogP contribution in [0.5, 0.6) is 0 Å². The summed E-state index contributed by atoms with van der Waals surface area (Å²) in [6, 6.07) is 15.4. The molecule has 3 rings (SSSR count). The van der Waals surface area contributed by atoms with E-state index in [2.05, 4.69) is 4.37 Å². The summed E-state index contributed by atoms with van der Waals surface area (Å²) in [4.78, 5) is 23.6. The molecule has 7 heteroatoms. The van der Waals surface area contributed by atoms with Crippen LogP contribution < -0.4 is 0 Å². The summed E-state index contributed by atoms with van der Waals surface area (Å²) >= 11 is 1.20. The number of carbonyl (C=O) groups is 1. The lowest BCUT2D eigenvalue weighted by molar-refractivity contribution is -0.384. The molecule has 0 spiro atoms. The van der Waals surface area contributed by atoms with Crippen LogP contribution in [0.2, 0.25) is 0 Å². The van der Waals surface area contributed by atoms with Gasteiger partial charge in [0.1, 0.15) is 5.56 Å². The molecule has 0 amide bonds. The SMILES string of the molecule is CCOC(=O)c1c(-c2ccc([N+](=O)[O-])cc2)nsc1-c1ccccc1. The predicted molar refractivity (Wildman–Crippen MR) is 95.6 cm³/mol. The molecule has 25 heavy (non-hydrogen) atoms. The topological polar surface area (TPSA) is 82.3 Å². The second-order valence-corrected chi connectivity index (χ2v) is 5.90. The van der Waals surface area contributed by atoms with Gasteiger partial charge in [-0.1, -0.05) is 30.3 Å². The number of hydrogen-bond donors (Lipinski definition) is 0. The van der Waals surface area contributed by atoms with Crippen LogP contribution in [0.15, 0.2) is 54.6 Å². The number of non-ortho nitro benzene ring substituents is 1. The van der Waals surface area contributed by atoms with Gasteiger partial charge in [-0.15, -0.1) is 0 Å². The van der Waals surface area contributed by atoms with Crippen LogP contribution in [0.25, 0.3) is 21.7 Å². The van der Waals surface area contributed by atoms with Crippen molar-refractivity contribution < 1.29 is 14.5 Å². The number of hydrogen-bond acceptors (Lipinski definition) is 6. The molecule has 0 fully saturated rings. The zero-order chi connectivity index (χ0) is 17.8. The van der Waals surface area contributed by atoms with Crippen molar-refractivity contribution >= 4 is 23.2 Å². The lowest BCUT2D eigenvalue weighted by atomic mass is 10.0. The zero-order valence-corrected chi connectivity index (χ0v) is 14.2. The number of ether oxygens (including phenoxy) is 1. The number of nitro benzene ring substituents is 1. The first kappa shape index (κ1) is 16.8. The fourth-order valence-corrected chi connectivity index (χ4v) is 3.30. The third-order valence-corrected chi connectivity index (χ3v) is 4.46. The minimum Gasteiger partial charge on any atom is -0.462 e. The van der Waals surface area contributed by atoms with Gasteiger partial charge in [-0.2, -0.15) is 4.37 Å². The third-order valence-electron chi connectivity index (χ3n) is 3.56. The molecule has 0 aliphatic heterocycles. The lowest BCUT2D eigenvalue weighted by Gasteiger charge is -2.06. The van der Waals surface area contributed by atoms with E-state index in [9.17, 15) is 14.9 Å². The maximum atomic E-state index is 12.5. The molecule has 2 aromatic carbocycles. The average Bonchev–Trinajstić information content (AvgIpc) is 3.08. The Labute approximate surface area is 148 Å². The van der Waals surface area contributed by atoms with Gasteiger partial charge in [0.2, 0.25) is 0 Å². The van der Waals surface area contributed by atoms with Crippen LogP contribution in [0.1, 0.15) is 17.3 Å². The van der Waals surface area contributed by atoms with Crippen molar-refractivity contribution in [3.8, 4) is 21.7 Å². The largest absolute Gasteiger partial charge is 0.462 e. The van der Waals surface area contributed by atoms with Crippen LogP contribution in [0, 0.1) is 10.1 Å². The van der Waals surface area contributed by atoms with Crippen LogP contribution in [0.4, 0.5) is 5.69 Å². The summed E-state index contributed by atoms with van der Waals surface area (Å²) in [5, 5.41) is 10.8. The molecule has 0 bridgehead atoms. The molecule has 1 heterocycles. The molecule has 6 nitrogen and oxygen atoms in total. The number of carbonyl (C=O) groups excluding carboxylic acids is 1. The van der Waals surface area contributed by atoms with Crippen molar-refractivity contribution in [3.05, 3.63) is 70.3 Å². The summed E-state index contributed by atoms with van der Waals surface area (Å²) in [6.07, 6.45) is 0. The van der Waals surface area contributed by atoms with Crippen molar-refractivity contribution in [1.29, 1.82) is 0 Å². The average molecular weight is 354 g/mol. The maximum absolute atomic E-state index is 12.5. The Kier molecular flexibility index (Phi) is 4.85. The van der Waals surface area contributed by atoms with Crippen LogP contribution >= 0.6 is 11.5 Å². The first-order valence-electron chi connectivity index (χ1n) is 7.59. The van der Waals surface area contributed by atoms with Gasteiger partial charge in [0.05, 0.1) is 22.1 Å². The standard InChI is InChI=1S/C18H14N2O4S/c1-2-24-18(21)15-16(12-8-10-14(11-9-12)20(22)23)19-25-17(15)13-6-4-3-5-7-13/h3-11H,2H2,1H3. The van der Waals surface area contributed by atoms with Gasteiger partial charge in [0, 0.05) is 17.7 Å². The number of benzene rings is 2. The molecule has 0 saturated carbocycles. The Bertz CT molecular complexity index is 905. The summed E-state index contributed by atoms with van der Waals surface area (Å²) in [5.74, 6) is -0.455. The molecule has 126 valence electrons. The summed E-state index contributed by atoms with van der Waals surface area (Å²) in [7, 11) is 0. The van der Waals surface area contributed by atoms with Gasteiger partial charge in [0.25, 0.3) is 5.69 Å². The van der Waals surface area contributed by atoms with Crippen LogP contribution in [-0.2, 0) is 4.74 Å². The molecule has 0 radical (unpaired) electrons. The highest BCUT2D eigenvalue weighted by atomic mass is 32.1. The number of rotatable bonds is 5. The number of nitro groups is 1. The van der Waals surface area contributed by atoms with Crippen LogP contribution in [0.3, 0.4) is 0 Å². The molecule has 0 N–H and O–H groups in total. The Balaban J connectivity index is 2.12. The smallest absolute Gasteiger partial charge is 0.341 e. The van der Waals surface area contributed by atoms with E-state index in [-0.39, 0.29) is 12.3 Å². The Morgan fingerprint density at radius 3 is 2.40 bits per heavy atom. The van der Waals surface area contributed by atoms with Crippen molar-refractivity contribution in [2.45, 2.75) is 6.92 Å². The van der Waals surface area contributed by atoms with E-state index in [0.29, 0.717) is 21.7 Å². The fraction of sp³-hybridized carbons (Fsp3) is 0.111. The van der Waals surface area contributed by atoms with Gasteiger partial charge < -0.3 is 4.74 Å². The fourth-order valence-electron chi connectivity index (χ4n) is 2.41. The molecule has 1 aromatic heterocycles. The lowest BCUT2D eigenvalue weighted by Crippen LogP contribution is -2.06. The monoisotopic (exact) mass is 354 g/mol. The second kappa shape index (κ2) is 7.23. The van der Waals surface area contributed by atoms with E-state index in [1.54, 1.807) is 19.1 Å². The van der Waals surface area contributed by atoms with Gasteiger partial charge in [-0.25, -0.2) is 4.79 Å². The van der Waals surface area contributed by atoms with Gasteiger partial charge in [0.15, 0.2) is 0 Å². The Hall–Kier alpha value is -3.06. The number of esters is 1. The van der Waals surface area contributed by atoms with Crippen molar-refractivity contribution in [2.75, 3.05) is 6.61 Å². The molecule has 0 aliphatic rings. The number of nitrogens with zero attached hydrogens (tertiary/aromatic N) is 2. The van der Waals surface area contributed by atoms with Crippen molar-refractivity contribution in [2.24, 2.45) is 0 Å². The number of aromatic nitrogens is 1. The molecule has 0 unspecified atom stereocenters. The quantitative estimate of drug-likeness (QED) is 0.381. The predicted octanol–water partition coefficient (Wildman–Crippen LogP) is 4.56. The first-order chi connectivity index (χ1) is 12.1. The van der Waals surface area contributed by atoms with Crippen molar-refractivity contribution in [1.82, 2.24) is 4.37 Å². The second-order valence-electron chi connectivity index (χ2n) is 5.13. The molecular weight excluding hydrogens is 340 g/mol. The zero-order valence-electron chi connectivity index (χ0n) is 13.3. The molecule has 3 aromatic rings. The maximum Gasteiger partial charge on any atom is 0.341 e. The Morgan fingerprint density at radius 2 is 1.80 bits per heavy atom. The van der Waals surface area contributed by atoms with Crippen LogP contribution in [-0.4, -0.2) is 21.9 Å². The molecule has 0 aliphatic carbocycles. The summed E-state index contributed by atoms with van der Waals surface area (Å²) in [6.45, 7) is 1.99. The van der Waals surface area contributed by atoms with E-state index in [1.807, 2.05) is 30.3 Å². The van der Waals surface area contributed by atoms with Crippen molar-refractivity contribution in [3.63, 3.8) is 0 Å². The van der Waals surface area contributed by atoms with E-state index < -0.39 is 10.9 Å². The van der Waals surface area contributed by atoms with Gasteiger partial charge in [-0.3, -0.25) is 10.1 Å². The highest BCUT2D eigenvalue weighted by Gasteiger charge is 2.24. The summed E-state index contributed by atoms with van der Waals surface area (Å²) in [5.41, 5.74) is 2.34. The minimum absolute atomic E-state index is 0.0139. The molecule has 0 atom stereocenters. The van der Waals surface area contributed by atoms with E-state index in [1.165, 1.54) is 23.7 Å². The van der Waals surface area contributed by atoms with E-state index >= 15 is 0 Å². The highest BCUT2D eigenvalue weighted by Crippen LogP contribution is 2.36. The minimum atomic E-state index is -0.466. The summed E-state index contributed by atoms with van der Waals surface area (Å²) < 4.78 is 9.60. The van der Waals surface area contributed by atoms with E-state index in [0.717, 1.165) is 5.56 Å². The normalized spacial score (nSPS) is 10.4. The van der Waals surface area contributed by atoms with Gasteiger partial charge in [-0.05, 0) is 36.2 Å². The highest BCUT2D eigenvalue weighted by molar-refractivity contribution is 7.10. The Morgan fingerprint density at radius 1 is 1.12 bits per heavy atom.